The second-order valence-electron chi connectivity index (χ2n) is 8.05. The van der Waals surface area contributed by atoms with Crippen LogP contribution in [0.25, 0.3) is 10.2 Å². The fourth-order valence-electron chi connectivity index (χ4n) is 3.49. The van der Waals surface area contributed by atoms with E-state index in [-0.39, 0.29) is 11.6 Å². The molecule has 3 rings (SSSR count). The van der Waals surface area contributed by atoms with Crippen LogP contribution in [0.1, 0.15) is 71.8 Å². The fraction of sp³-hybridized carbons (Fsp3) is 0.435. The number of fused-ring (bicyclic) bond motifs is 1. The summed E-state index contributed by atoms with van der Waals surface area (Å²) in [7, 11) is 2.09. The van der Waals surface area contributed by atoms with Crippen molar-refractivity contribution < 1.29 is 14.4 Å². The van der Waals surface area contributed by atoms with Crippen LogP contribution in [0.2, 0.25) is 0 Å². The van der Waals surface area contributed by atoms with Gasteiger partial charge in [0.25, 0.3) is 5.56 Å². The quantitative estimate of drug-likeness (QED) is 0.566. The molecule has 2 N–H and O–H groups in total. The molecule has 2 heterocycles. The zero-order valence-electron chi connectivity index (χ0n) is 18.5. The zero-order valence-corrected chi connectivity index (χ0v) is 19.3. The van der Waals surface area contributed by atoms with Gasteiger partial charge in [0, 0.05) is 5.56 Å². The number of nitrogens with zero attached hydrogens (tertiary/aromatic N) is 1. The zero-order chi connectivity index (χ0) is 22.0. The first-order valence-electron chi connectivity index (χ1n) is 10.3. The number of hydrogen-bond acceptors (Lipinski definition) is 5. The molecule has 2 atom stereocenters. The monoisotopic (exact) mass is 428 g/mol. The summed E-state index contributed by atoms with van der Waals surface area (Å²) in [6.07, 6.45) is 0. The molecule has 2 aromatic heterocycles. The summed E-state index contributed by atoms with van der Waals surface area (Å²) in [4.78, 5) is 34.8. The molecule has 0 bridgehead atoms. The van der Waals surface area contributed by atoms with Crippen LogP contribution in [0.3, 0.4) is 0 Å². The minimum atomic E-state index is -0.403. The van der Waals surface area contributed by atoms with Crippen molar-refractivity contribution >= 4 is 27.5 Å². The predicted molar refractivity (Wildman–Crippen MR) is 120 cm³/mol. The van der Waals surface area contributed by atoms with Crippen molar-refractivity contribution in [3.63, 3.8) is 0 Å². The molecule has 30 heavy (non-hydrogen) atoms. The number of carbonyl (C=O) groups is 1. The van der Waals surface area contributed by atoms with E-state index >= 15 is 0 Å². The highest BCUT2D eigenvalue weighted by Gasteiger charge is 2.24. The molecule has 3 aromatic rings. The summed E-state index contributed by atoms with van der Waals surface area (Å²) in [6, 6.07) is 8.67. The van der Waals surface area contributed by atoms with Gasteiger partial charge in [-0.05, 0) is 37.8 Å². The topological polar surface area (TPSA) is 76.5 Å². The number of aromatic nitrogens is 2. The molecule has 7 heteroatoms. The van der Waals surface area contributed by atoms with E-state index in [4.69, 9.17) is 9.72 Å². The first-order chi connectivity index (χ1) is 14.2. The summed E-state index contributed by atoms with van der Waals surface area (Å²) in [5, 5.41) is 0.473. The van der Waals surface area contributed by atoms with Gasteiger partial charge in [-0.3, -0.25) is 4.79 Å². The second-order valence-corrected chi connectivity index (χ2v) is 9.05. The maximum absolute atomic E-state index is 12.8. The molecule has 0 saturated carbocycles. The Morgan fingerprint density at radius 3 is 2.50 bits per heavy atom. The number of aromatic amines is 1. The lowest BCUT2D eigenvalue weighted by Gasteiger charge is -2.21. The van der Waals surface area contributed by atoms with E-state index in [0.29, 0.717) is 39.0 Å². The Kier molecular flexibility index (Phi) is 6.73. The number of aryl methyl sites for hydroxylation is 1. The minimum Gasteiger partial charge on any atom is -0.462 e. The Bertz CT molecular complexity index is 1100. The number of quaternary nitrogens is 1. The van der Waals surface area contributed by atoms with Gasteiger partial charge in [-0.25, -0.2) is 9.78 Å². The van der Waals surface area contributed by atoms with Crippen molar-refractivity contribution in [3.05, 3.63) is 62.0 Å². The van der Waals surface area contributed by atoms with Crippen LogP contribution in [0.4, 0.5) is 0 Å². The number of hydrogen-bond donors (Lipinski definition) is 2. The van der Waals surface area contributed by atoms with Gasteiger partial charge in [-0.15, -0.1) is 11.3 Å². The van der Waals surface area contributed by atoms with Crippen molar-refractivity contribution in [2.24, 2.45) is 0 Å². The molecule has 0 aliphatic rings. The van der Waals surface area contributed by atoms with Crippen molar-refractivity contribution in [3.8, 4) is 0 Å². The molecule has 1 unspecified atom stereocenters. The highest BCUT2D eigenvalue weighted by Crippen LogP contribution is 2.28. The van der Waals surface area contributed by atoms with Gasteiger partial charge in [0.2, 0.25) is 0 Å². The standard InChI is InChI=1S/C23H29N3O3S/c1-7-29-23(28)19-14(4)18-21(27)24-20(25-22(18)30-19)15(5)26(6)12-16-8-10-17(11-9-16)13(2)3/h8-11,13,15H,7,12H2,1-6H3,(H,24,25,27)/p+1/t15-/m1/s1. The number of ether oxygens (including phenoxy) is 1. The van der Waals surface area contributed by atoms with Crippen LogP contribution in [0.15, 0.2) is 29.1 Å². The van der Waals surface area contributed by atoms with Crippen molar-refractivity contribution in [2.75, 3.05) is 13.7 Å². The lowest BCUT2D eigenvalue weighted by Crippen LogP contribution is -3.07. The number of H-pyrrole nitrogens is 1. The van der Waals surface area contributed by atoms with E-state index < -0.39 is 5.97 Å². The highest BCUT2D eigenvalue weighted by atomic mass is 32.1. The molecule has 0 amide bonds. The Hall–Kier alpha value is -2.51. The van der Waals surface area contributed by atoms with Crippen LogP contribution in [0, 0.1) is 6.92 Å². The van der Waals surface area contributed by atoms with Gasteiger partial charge in [0.05, 0.1) is 19.0 Å². The van der Waals surface area contributed by atoms with E-state index in [1.807, 2.05) is 0 Å². The minimum absolute atomic E-state index is 0.0136. The third-order valence-electron chi connectivity index (χ3n) is 5.56. The number of nitrogens with one attached hydrogen (secondary N) is 2. The fourth-order valence-corrected chi connectivity index (χ4v) is 4.57. The van der Waals surface area contributed by atoms with Gasteiger partial charge in [0.1, 0.15) is 22.3 Å². The lowest BCUT2D eigenvalue weighted by molar-refractivity contribution is -0.924. The van der Waals surface area contributed by atoms with Gasteiger partial charge < -0.3 is 14.6 Å². The van der Waals surface area contributed by atoms with E-state index in [1.54, 1.807) is 13.8 Å². The van der Waals surface area contributed by atoms with Gasteiger partial charge >= 0.3 is 5.97 Å². The molecular formula is C23H30N3O3S+. The molecule has 6 nitrogen and oxygen atoms in total. The Labute approximate surface area is 180 Å². The summed E-state index contributed by atoms with van der Waals surface area (Å²) in [5.41, 5.74) is 2.99. The molecule has 0 radical (unpaired) electrons. The normalized spacial score (nSPS) is 13.6. The highest BCUT2D eigenvalue weighted by molar-refractivity contribution is 7.20. The molecule has 160 valence electrons. The number of esters is 1. The van der Waals surface area contributed by atoms with E-state index in [0.717, 1.165) is 6.54 Å². The van der Waals surface area contributed by atoms with Crippen molar-refractivity contribution in [1.29, 1.82) is 0 Å². The SMILES string of the molecule is CCOC(=O)c1sc2nc([C@@H](C)[NH+](C)Cc3ccc(C(C)C)cc3)[nH]c(=O)c2c1C. The molecule has 0 aliphatic carbocycles. The Balaban J connectivity index is 1.86. The largest absolute Gasteiger partial charge is 0.462 e. The van der Waals surface area contributed by atoms with E-state index in [2.05, 4.69) is 57.1 Å². The molecule has 0 aliphatic heterocycles. The number of carbonyl (C=O) groups excluding carboxylic acids is 1. The maximum Gasteiger partial charge on any atom is 0.348 e. The van der Waals surface area contributed by atoms with Crippen LogP contribution in [-0.4, -0.2) is 29.6 Å². The van der Waals surface area contributed by atoms with Crippen LogP contribution in [0.5, 0.6) is 0 Å². The Morgan fingerprint density at radius 2 is 1.90 bits per heavy atom. The lowest BCUT2D eigenvalue weighted by atomic mass is 10.0. The average molecular weight is 429 g/mol. The second kappa shape index (κ2) is 9.10. The van der Waals surface area contributed by atoms with E-state index in [9.17, 15) is 9.59 Å². The van der Waals surface area contributed by atoms with Crippen LogP contribution < -0.4 is 10.5 Å². The molecule has 0 saturated heterocycles. The molecule has 0 fully saturated rings. The molecule has 0 spiro atoms. The Morgan fingerprint density at radius 1 is 1.23 bits per heavy atom. The molecular weight excluding hydrogens is 398 g/mol. The van der Waals surface area contributed by atoms with Crippen LogP contribution >= 0.6 is 11.3 Å². The first kappa shape index (κ1) is 22.2. The van der Waals surface area contributed by atoms with E-state index in [1.165, 1.54) is 27.4 Å². The third-order valence-corrected chi connectivity index (χ3v) is 6.72. The predicted octanol–water partition coefficient (Wildman–Crippen LogP) is 3.37. The number of benzene rings is 1. The summed E-state index contributed by atoms with van der Waals surface area (Å²) in [5.74, 6) is 0.734. The first-order valence-corrected chi connectivity index (χ1v) is 11.2. The van der Waals surface area contributed by atoms with Crippen molar-refractivity contribution in [2.45, 2.75) is 53.1 Å². The summed E-state index contributed by atoms with van der Waals surface area (Å²) < 4.78 is 5.11. The summed E-state index contributed by atoms with van der Waals surface area (Å²) >= 11 is 1.22. The van der Waals surface area contributed by atoms with Gasteiger partial charge in [0.15, 0.2) is 5.82 Å². The number of thiophene rings is 1. The van der Waals surface area contributed by atoms with Gasteiger partial charge in [-0.1, -0.05) is 38.1 Å². The summed E-state index contributed by atoms with van der Waals surface area (Å²) in [6.45, 7) is 11.1. The third kappa shape index (κ3) is 4.47. The van der Waals surface area contributed by atoms with Crippen LogP contribution in [-0.2, 0) is 11.3 Å². The maximum atomic E-state index is 12.8. The average Bonchev–Trinajstić information content (AvgIpc) is 3.05. The van der Waals surface area contributed by atoms with Gasteiger partial charge in [-0.2, -0.15) is 0 Å². The smallest absolute Gasteiger partial charge is 0.348 e. The number of rotatable bonds is 7. The van der Waals surface area contributed by atoms with Crippen molar-refractivity contribution in [1.82, 2.24) is 9.97 Å². The molecule has 1 aromatic carbocycles.